The summed E-state index contributed by atoms with van der Waals surface area (Å²) in [6, 6.07) is 15.3. The number of aromatic nitrogens is 2. The molecule has 0 unspecified atom stereocenters. The molecular weight excluding hydrogens is 345 g/mol. The molecule has 140 valence electrons. The fraction of sp³-hybridized carbons (Fsp3) is 0.238. The zero-order valence-electron chi connectivity index (χ0n) is 15.1. The second-order valence-corrected chi connectivity index (χ2v) is 6.22. The number of carbonyl (C=O) groups excluding carboxylic acids is 1. The molecule has 0 aliphatic heterocycles. The molecule has 27 heavy (non-hydrogen) atoms. The van der Waals surface area contributed by atoms with E-state index in [-0.39, 0.29) is 11.7 Å². The van der Waals surface area contributed by atoms with Crippen LogP contribution in [0.25, 0.3) is 5.69 Å². The molecule has 1 aromatic heterocycles. The topological polar surface area (TPSA) is 67.2 Å². The maximum absolute atomic E-state index is 13.1. The van der Waals surface area contributed by atoms with Crippen LogP contribution in [0, 0.1) is 5.82 Å². The number of benzene rings is 2. The lowest BCUT2D eigenvalue weighted by Gasteiger charge is -2.12. The Morgan fingerprint density at radius 2 is 1.89 bits per heavy atom. The molecule has 1 heterocycles. The molecule has 0 radical (unpaired) electrons. The predicted molar refractivity (Wildman–Crippen MR) is 101 cm³/mol. The Hall–Kier alpha value is -2.99. The van der Waals surface area contributed by atoms with Crippen LogP contribution in [0.3, 0.4) is 0 Å². The first-order valence-corrected chi connectivity index (χ1v) is 8.94. The fourth-order valence-electron chi connectivity index (χ4n) is 2.97. The number of carbonyl (C=O) groups is 1. The van der Waals surface area contributed by atoms with Gasteiger partial charge in [0.25, 0.3) is 5.91 Å². The minimum absolute atomic E-state index is 0.236. The zero-order valence-corrected chi connectivity index (χ0v) is 15.1. The van der Waals surface area contributed by atoms with Crippen molar-refractivity contribution in [3.05, 3.63) is 83.4 Å². The van der Waals surface area contributed by atoms with Crippen LogP contribution in [-0.2, 0) is 6.42 Å². The molecule has 5 nitrogen and oxygen atoms in total. The largest absolute Gasteiger partial charge is 0.388 e. The average Bonchev–Trinajstić information content (AvgIpc) is 3.13. The van der Waals surface area contributed by atoms with E-state index in [1.807, 2.05) is 37.3 Å². The molecule has 3 aromatic rings. The second kappa shape index (κ2) is 8.60. The van der Waals surface area contributed by atoms with Crippen molar-refractivity contribution in [3.8, 4) is 5.69 Å². The highest BCUT2D eigenvalue weighted by molar-refractivity contribution is 5.95. The molecule has 1 atom stereocenters. The van der Waals surface area contributed by atoms with E-state index < -0.39 is 6.10 Å². The van der Waals surface area contributed by atoms with E-state index in [2.05, 4.69) is 10.4 Å². The van der Waals surface area contributed by atoms with Crippen molar-refractivity contribution in [2.75, 3.05) is 6.54 Å². The van der Waals surface area contributed by atoms with Crippen LogP contribution in [-0.4, -0.2) is 27.3 Å². The summed E-state index contributed by atoms with van der Waals surface area (Å²) in [6.07, 6.45) is 1.92. The Morgan fingerprint density at radius 1 is 1.19 bits per heavy atom. The number of hydrogen-bond acceptors (Lipinski definition) is 3. The highest BCUT2D eigenvalue weighted by Gasteiger charge is 2.17. The van der Waals surface area contributed by atoms with E-state index in [9.17, 15) is 14.3 Å². The summed E-state index contributed by atoms with van der Waals surface area (Å²) in [5.41, 5.74) is 2.76. The van der Waals surface area contributed by atoms with Crippen LogP contribution >= 0.6 is 0 Å². The van der Waals surface area contributed by atoms with Crippen molar-refractivity contribution in [2.24, 2.45) is 0 Å². The highest BCUT2D eigenvalue weighted by atomic mass is 19.1. The number of aliphatic hydroxyl groups is 1. The maximum atomic E-state index is 13.1. The van der Waals surface area contributed by atoms with Gasteiger partial charge < -0.3 is 10.4 Å². The molecule has 0 aliphatic rings. The quantitative estimate of drug-likeness (QED) is 0.672. The molecular formula is C21H22FN3O2. The van der Waals surface area contributed by atoms with Gasteiger partial charge in [0.1, 0.15) is 5.82 Å². The molecule has 0 bridgehead atoms. The third-order valence-electron chi connectivity index (χ3n) is 4.41. The maximum Gasteiger partial charge on any atom is 0.254 e. The van der Waals surface area contributed by atoms with Gasteiger partial charge in [0.15, 0.2) is 0 Å². The first-order chi connectivity index (χ1) is 13.1. The van der Waals surface area contributed by atoms with Crippen LogP contribution < -0.4 is 5.32 Å². The molecule has 1 amide bonds. The standard InChI is InChI=1S/C21H22FN3O2/c1-2-19-18(14-24-25(19)17-10-8-16(22)9-11-17)21(27)23-13-12-20(26)15-6-4-3-5-7-15/h3-11,14,20,26H,2,12-13H2,1H3,(H,23,27)/t20-/m1/s1. The van der Waals surface area contributed by atoms with Crippen LogP contribution in [0.2, 0.25) is 0 Å². The van der Waals surface area contributed by atoms with E-state index in [0.29, 0.717) is 30.6 Å². The van der Waals surface area contributed by atoms with Gasteiger partial charge in [-0.05, 0) is 42.7 Å². The van der Waals surface area contributed by atoms with Gasteiger partial charge >= 0.3 is 0 Å². The Kier molecular flexibility index (Phi) is 5.98. The van der Waals surface area contributed by atoms with Crippen LogP contribution in [0.4, 0.5) is 4.39 Å². The van der Waals surface area contributed by atoms with Gasteiger partial charge in [0.2, 0.25) is 0 Å². The molecule has 2 N–H and O–H groups in total. The smallest absolute Gasteiger partial charge is 0.254 e. The highest BCUT2D eigenvalue weighted by Crippen LogP contribution is 2.17. The SMILES string of the molecule is CCc1c(C(=O)NCC[C@@H](O)c2ccccc2)cnn1-c1ccc(F)cc1. The zero-order chi connectivity index (χ0) is 19.2. The van der Waals surface area contributed by atoms with Crippen molar-refractivity contribution >= 4 is 5.91 Å². The number of aliphatic hydroxyl groups excluding tert-OH is 1. The summed E-state index contributed by atoms with van der Waals surface area (Å²) in [5.74, 6) is -0.556. The number of nitrogens with one attached hydrogen (secondary N) is 1. The molecule has 2 aromatic carbocycles. The number of amides is 1. The first kappa shape index (κ1) is 18.8. The Labute approximate surface area is 157 Å². The third-order valence-corrected chi connectivity index (χ3v) is 4.41. The third kappa shape index (κ3) is 4.41. The van der Waals surface area contributed by atoms with Crippen molar-refractivity contribution < 1.29 is 14.3 Å². The first-order valence-electron chi connectivity index (χ1n) is 8.94. The summed E-state index contributed by atoms with van der Waals surface area (Å²) >= 11 is 0. The minimum atomic E-state index is -0.626. The van der Waals surface area contributed by atoms with Gasteiger partial charge in [-0.3, -0.25) is 4.79 Å². The summed E-state index contributed by atoms with van der Waals surface area (Å²) in [4.78, 5) is 12.5. The van der Waals surface area contributed by atoms with Crippen LogP contribution in [0.15, 0.2) is 60.8 Å². The number of rotatable bonds is 7. The summed E-state index contributed by atoms with van der Waals surface area (Å²) in [6.45, 7) is 2.28. The van der Waals surface area contributed by atoms with Crippen molar-refractivity contribution in [3.63, 3.8) is 0 Å². The van der Waals surface area contributed by atoms with E-state index >= 15 is 0 Å². The van der Waals surface area contributed by atoms with E-state index in [0.717, 1.165) is 11.3 Å². The Balaban J connectivity index is 1.65. The van der Waals surface area contributed by atoms with Crippen LogP contribution in [0.5, 0.6) is 0 Å². The Morgan fingerprint density at radius 3 is 2.56 bits per heavy atom. The van der Waals surface area contributed by atoms with Gasteiger partial charge in [-0.15, -0.1) is 0 Å². The van der Waals surface area contributed by atoms with E-state index in [1.54, 1.807) is 16.8 Å². The van der Waals surface area contributed by atoms with Crippen molar-refractivity contribution in [1.82, 2.24) is 15.1 Å². The van der Waals surface area contributed by atoms with Crippen molar-refractivity contribution in [2.45, 2.75) is 25.9 Å². The summed E-state index contributed by atoms with van der Waals surface area (Å²) in [5, 5.41) is 17.3. The van der Waals surface area contributed by atoms with E-state index in [1.165, 1.54) is 18.3 Å². The molecule has 0 spiro atoms. The normalized spacial score (nSPS) is 12.0. The number of halogens is 1. The second-order valence-electron chi connectivity index (χ2n) is 6.22. The number of hydrogen-bond donors (Lipinski definition) is 2. The van der Waals surface area contributed by atoms with Gasteiger partial charge in [0, 0.05) is 6.54 Å². The lowest BCUT2D eigenvalue weighted by atomic mass is 10.1. The van der Waals surface area contributed by atoms with Crippen molar-refractivity contribution in [1.29, 1.82) is 0 Å². The molecule has 0 saturated heterocycles. The number of nitrogens with zero attached hydrogens (tertiary/aromatic N) is 2. The summed E-state index contributed by atoms with van der Waals surface area (Å²) in [7, 11) is 0. The summed E-state index contributed by atoms with van der Waals surface area (Å²) < 4.78 is 14.8. The molecule has 6 heteroatoms. The lowest BCUT2D eigenvalue weighted by Crippen LogP contribution is -2.26. The van der Waals surface area contributed by atoms with Gasteiger partial charge in [-0.2, -0.15) is 5.10 Å². The van der Waals surface area contributed by atoms with Gasteiger partial charge in [-0.1, -0.05) is 37.3 Å². The van der Waals surface area contributed by atoms with Gasteiger partial charge in [-0.25, -0.2) is 9.07 Å². The van der Waals surface area contributed by atoms with Crippen LogP contribution in [0.1, 0.15) is 41.1 Å². The Bertz CT molecular complexity index is 892. The lowest BCUT2D eigenvalue weighted by molar-refractivity contribution is 0.0941. The predicted octanol–water partition coefficient (Wildman–Crippen LogP) is 3.43. The minimum Gasteiger partial charge on any atom is -0.388 e. The fourth-order valence-corrected chi connectivity index (χ4v) is 2.97. The molecule has 0 saturated carbocycles. The molecule has 0 aliphatic carbocycles. The van der Waals surface area contributed by atoms with Gasteiger partial charge in [0.05, 0.1) is 29.2 Å². The van der Waals surface area contributed by atoms with E-state index in [4.69, 9.17) is 0 Å². The average molecular weight is 367 g/mol. The monoisotopic (exact) mass is 367 g/mol. The molecule has 0 fully saturated rings. The molecule has 3 rings (SSSR count).